The van der Waals surface area contributed by atoms with Crippen LogP contribution in [0.25, 0.3) is 0 Å². The van der Waals surface area contributed by atoms with Gasteiger partial charge in [-0.05, 0) is 36.5 Å². The summed E-state index contributed by atoms with van der Waals surface area (Å²) in [6.45, 7) is 2.16. The first-order chi connectivity index (χ1) is 6.29. The minimum absolute atomic E-state index is 0.746. The first-order valence-corrected chi connectivity index (χ1v) is 6.14. The Hall–Kier alpha value is -0.0100. The van der Waals surface area contributed by atoms with E-state index in [-0.39, 0.29) is 0 Å². The van der Waals surface area contributed by atoms with Crippen molar-refractivity contribution < 1.29 is 0 Å². The lowest BCUT2D eigenvalue weighted by atomic mass is 9.99. The second-order valence-corrected chi connectivity index (χ2v) is 4.08. The Morgan fingerprint density at radius 2 is 2.15 bits per heavy atom. The second-order valence-electron chi connectivity index (χ2n) is 3.14. The maximum Gasteiger partial charge on any atom is 0.0285 e. The molecule has 0 amide bonds. The highest BCUT2D eigenvalue weighted by Crippen LogP contribution is 2.18. The fourth-order valence-corrected chi connectivity index (χ4v) is 2.15. The standard InChI is InChI=1S/C11H14BrCl/c1-9-4-2-5-10(8-12)11(9)6-3-7-13/h2,4-5H,3,6-8H2,1H3. The average Bonchev–Trinajstić information content (AvgIpc) is 2.15. The van der Waals surface area contributed by atoms with Crippen LogP contribution in [0, 0.1) is 6.92 Å². The summed E-state index contributed by atoms with van der Waals surface area (Å²) in [4.78, 5) is 0. The summed E-state index contributed by atoms with van der Waals surface area (Å²) in [6.07, 6.45) is 2.16. The first kappa shape index (κ1) is 11.1. The van der Waals surface area contributed by atoms with Gasteiger partial charge in [-0.2, -0.15) is 0 Å². The van der Waals surface area contributed by atoms with Crippen molar-refractivity contribution >= 4 is 27.5 Å². The molecule has 13 heavy (non-hydrogen) atoms. The van der Waals surface area contributed by atoms with E-state index >= 15 is 0 Å². The van der Waals surface area contributed by atoms with Gasteiger partial charge in [0.05, 0.1) is 0 Å². The van der Waals surface area contributed by atoms with E-state index in [1.54, 1.807) is 0 Å². The van der Waals surface area contributed by atoms with Gasteiger partial charge < -0.3 is 0 Å². The highest BCUT2D eigenvalue weighted by atomic mass is 79.9. The van der Waals surface area contributed by atoms with Crippen molar-refractivity contribution in [1.29, 1.82) is 0 Å². The Morgan fingerprint density at radius 1 is 1.38 bits per heavy atom. The highest BCUT2D eigenvalue weighted by molar-refractivity contribution is 9.08. The summed E-state index contributed by atoms with van der Waals surface area (Å²) < 4.78 is 0. The van der Waals surface area contributed by atoms with E-state index in [1.807, 2.05) is 0 Å². The molecule has 0 N–H and O–H groups in total. The molecule has 0 aliphatic heterocycles. The van der Waals surface area contributed by atoms with Crippen LogP contribution in [0.5, 0.6) is 0 Å². The van der Waals surface area contributed by atoms with Gasteiger partial charge in [-0.15, -0.1) is 11.6 Å². The predicted octanol–water partition coefficient (Wildman–Crippen LogP) is 4.06. The molecule has 0 unspecified atom stereocenters. The van der Waals surface area contributed by atoms with Gasteiger partial charge in [-0.3, -0.25) is 0 Å². The van der Waals surface area contributed by atoms with Crippen molar-refractivity contribution in [3.63, 3.8) is 0 Å². The molecular formula is C11H14BrCl. The van der Waals surface area contributed by atoms with Crippen molar-refractivity contribution in [2.75, 3.05) is 5.88 Å². The third-order valence-electron chi connectivity index (χ3n) is 2.21. The predicted molar refractivity (Wildman–Crippen MR) is 62.9 cm³/mol. The number of aryl methyl sites for hydroxylation is 1. The number of hydrogen-bond acceptors (Lipinski definition) is 0. The molecule has 1 aromatic carbocycles. The average molecular weight is 262 g/mol. The van der Waals surface area contributed by atoms with Crippen LogP contribution in [0.4, 0.5) is 0 Å². The summed E-state index contributed by atoms with van der Waals surface area (Å²) >= 11 is 9.19. The summed E-state index contributed by atoms with van der Waals surface area (Å²) in [5.74, 6) is 0.746. The Kier molecular flexibility index (Phi) is 4.82. The Morgan fingerprint density at radius 3 is 2.77 bits per heavy atom. The van der Waals surface area contributed by atoms with Crippen molar-refractivity contribution in [1.82, 2.24) is 0 Å². The van der Waals surface area contributed by atoms with Crippen molar-refractivity contribution in [3.05, 3.63) is 34.9 Å². The van der Waals surface area contributed by atoms with Crippen LogP contribution in [0.1, 0.15) is 23.1 Å². The van der Waals surface area contributed by atoms with Crippen LogP contribution in [-0.2, 0) is 11.8 Å². The first-order valence-electron chi connectivity index (χ1n) is 4.49. The van der Waals surface area contributed by atoms with E-state index in [2.05, 4.69) is 41.1 Å². The van der Waals surface area contributed by atoms with Crippen LogP contribution in [-0.4, -0.2) is 5.88 Å². The van der Waals surface area contributed by atoms with Crippen LogP contribution >= 0.6 is 27.5 Å². The third kappa shape index (κ3) is 2.99. The second kappa shape index (κ2) is 5.66. The molecule has 0 nitrogen and oxygen atoms in total. The maximum atomic E-state index is 5.69. The number of rotatable bonds is 4. The molecule has 2 heteroatoms. The fraction of sp³-hybridized carbons (Fsp3) is 0.455. The minimum atomic E-state index is 0.746. The van der Waals surface area contributed by atoms with Crippen molar-refractivity contribution in [2.45, 2.75) is 25.1 Å². The zero-order chi connectivity index (χ0) is 9.68. The van der Waals surface area contributed by atoms with Crippen molar-refractivity contribution in [3.8, 4) is 0 Å². The largest absolute Gasteiger partial charge is 0.127 e. The molecule has 72 valence electrons. The van der Waals surface area contributed by atoms with Gasteiger partial charge in [0.2, 0.25) is 0 Å². The minimum Gasteiger partial charge on any atom is -0.127 e. The molecule has 1 rings (SSSR count). The molecule has 0 atom stereocenters. The fourth-order valence-electron chi connectivity index (χ4n) is 1.49. The van der Waals surface area contributed by atoms with Gasteiger partial charge in [0, 0.05) is 11.2 Å². The molecule has 0 aliphatic carbocycles. The monoisotopic (exact) mass is 260 g/mol. The lowest BCUT2D eigenvalue weighted by Crippen LogP contribution is -1.96. The Balaban J connectivity index is 2.87. The number of halogens is 2. The zero-order valence-electron chi connectivity index (χ0n) is 7.82. The normalized spacial score (nSPS) is 10.4. The van der Waals surface area contributed by atoms with E-state index < -0.39 is 0 Å². The number of benzene rings is 1. The third-order valence-corrected chi connectivity index (χ3v) is 3.08. The molecule has 0 spiro atoms. The van der Waals surface area contributed by atoms with Gasteiger partial charge in [0.25, 0.3) is 0 Å². The van der Waals surface area contributed by atoms with Crippen LogP contribution in [0.2, 0.25) is 0 Å². The van der Waals surface area contributed by atoms with Gasteiger partial charge in [-0.1, -0.05) is 34.1 Å². The lowest BCUT2D eigenvalue weighted by molar-refractivity contribution is 0.908. The molecule has 0 saturated heterocycles. The van der Waals surface area contributed by atoms with Crippen molar-refractivity contribution in [2.24, 2.45) is 0 Å². The Bertz CT molecular complexity index is 271. The van der Waals surface area contributed by atoms with Gasteiger partial charge in [-0.25, -0.2) is 0 Å². The molecule has 0 fully saturated rings. The maximum absolute atomic E-state index is 5.69. The zero-order valence-corrected chi connectivity index (χ0v) is 10.2. The molecule has 1 aromatic rings. The lowest BCUT2D eigenvalue weighted by Gasteiger charge is -2.09. The molecule has 0 bridgehead atoms. The van der Waals surface area contributed by atoms with E-state index in [0.717, 1.165) is 24.1 Å². The van der Waals surface area contributed by atoms with Crippen LogP contribution in [0.3, 0.4) is 0 Å². The van der Waals surface area contributed by atoms with Gasteiger partial charge >= 0.3 is 0 Å². The molecule has 0 radical (unpaired) electrons. The molecule has 0 saturated carbocycles. The van der Waals surface area contributed by atoms with Gasteiger partial charge in [0.1, 0.15) is 0 Å². The topological polar surface area (TPSA) is 0 Å². The van der Waals surface area contributed by atoms with E-state index in [4.69, 9.17) is 11.6 Å². The summed E-state index contributed by atoms with van der Waals surface area (Å²) in [5.41, 5.74) is 4.23. The molecular weight excluding hydrogens is 247 g/mol. The Labute approximate surface area is 93.4 Å². The van der Waals surface area contributed by atoms with E-state index in [0.29, 0.717) is 0 Å². The van der Waals surface area contributed by atoms with Crippen LogP contribution < -0.4 is 0 Å². The molecule has 0 heterocycles. The SMILES string of the molecule is Cc1cccc(CBr)c1CCCCl. The van der Waals surface area contributed by atoms with Gasteiger partial charge in [0.15, 0.2) is 0 Å². The number of alkyl halides is 2. The van der Waals surface area contributed by atoms with Crippen LogP contribution in [0.15, 0.2) is 18.2 Å². The summed E-state index contributed by atoms with van der Waals surface area (Å²) in [5, 5.41) is 0.937. The highest BCUT2D eigenvalue weighted by Gasteiger charge is 2.03. The molecule has 0 aromatic heterocycles. The smallest absolute Gasteiger partial charge is 0.0285 e. The quantitative estimate of drug-likeness (QED) is 0.717. The summed E-state index contributed by atoms with van der Waals surface area (Å²) in [6, 6.07) is 6.44. The summed E-state index contributed by atoms with van der Waals surface area (Å²) in [7, 11) is 0. The van der Waals surface area contributed by atoms with E-state index in [9.17, 15) is 0 Å². The van der Waals surface area contributed by atoms with E-state index in [1.165, 1.54) is 16.7 Å². The number of hydrogen-bond donors (Lipinski definition) is 0. The molecule has 0 aliphatic rings.